The number of anilines is 1. The summed E-state index contributed by atoms with van der Waals surface area (Å²) in [6.45, 7) is 3.65. The third kappa shape index (κ3) is 6.33. The summed E-state index contributed by atoms with van der Waals surface area (Å²) in [6.07, 6.45) is 0.00906. The Morgan fingerprint density at radius 3 is 2.57 bits per heavy atom. The van der Waals surface area contributed by atoms with Crippen molar-refractivity contribution in [3.63, 3.8) is 0 Å². The maximum absolute atomic E-state index is 12.9. The zero-order valence-corrected chi connectivity index (χ0v) is 21.6. The minimum atomic E-state index is -1.06. The first-order valence-electron chi connectivity index (χ1n) is 11.6. The van der Waals surface area contributed by atoms with Gasteiger partial charge in [-0.2, -0.15) is 0 Å². The largest absolute Gasteiger partial charge is 0.465 e. The molecular weight excluding hydrogens is 498 g/mol. The molecule has 8 nitrogen and oxygen atoms in total. The molecule has 2 N–H and O–H groups in total. The van der Waals surface area contributed by atoms with Crippen LogP contribution in [0.3, 0.4) is 0 Å². The number of methoxy groups -OCH3 is 1. The van der Waals surface area contributed by atoms with Crippen LogP contribution in [0.15, 0.2) is 18.2 Å². The van der Waals surface area contributed by atoms with Gasteiger partial charge in [0.1, 0.15) is 12.5 Å². The molecule has 2 heterocycles. The van der Waals surface area contributed by atoms with E-state index in [1.807, 2.05) is 19.9 Å². The normalized spacial score (nSPS) is 19.8. The monoisotopic (exact) mass is 528 g/mol. The lowest BCUT2D eigenvalue weighted by atomic mass is 10.0. The number of rotatable bonds is 11. The van der Waals surface area contributed by atoms with Crippen molar-refractivity contribution in [2.24, 2.45) is 0 Å². The van der Waals surface area contributed by atoms with Crippen molar-refractivity contribution in [3.05, 3.63) is 39.6 Å². The van der Waals surface area contributed by atoms with Gasteiger partial charge in [0, 0.05) is 24.3 Å². The quantitative estimate of drug-likeness (QED) is 0.418. The first-order chi connectivity index (χ1) is 16.8. The fourth-order valence-corrected chi connectivity index (χ4v) is 4.89. The summed E-state index contributed by atoms with van der Waals surface area (Å²) < 4.78 is 23.8. The highest BCUT2D eigenvalue weighted by molar-refractivity contribution is 6.36. The van der Waals surface area contributed by atoms with Gasteiger partial charge in [-0.25, -0.2) is 19.2 Å². The van der Waals surface area contributed by atoms with Gasteiger partial charge in [0.2, 0.25) is 0 Å². The van der Waals surface area contributed by atoms with Crippen molar-refractivity contribution in [1.29, 1.82) is 0 Å². The number of likely N-dealkylation sites (tertiary alicyclic amines) is 1. The lowest BCUT2D eigenvalue weighted by Crippen LogP contribution is -2.44. The third-order valence-electron chi connectivity index (χ3n) is 6.06. The Morgan fingerprint density at radius 2 is 1.97 bits per heavy atom. The molecule has 0 spiro atoms. The van der Waals surface area contributed by atoms with Gasteiger partial charge in [0.05, 0.1) is 53.4 Å². The van der Waals surface area contributed by atoms with Crippen LogP contribution in [0.25, 0.3) is 11.3 Å². The Bertz CT molecular complexity index is 1030. The number of halogens is 3. The van der Waals surface area contributed by atoms with Gasteiger partial charge in [-0.05, 0) is 37.5 Å². The first-order valence-corrected chi connectivity index (χ1v) is 12.4. The van der Waals surface area contributed by atoms with E-state index < -0.39 is 31.0 Å². The van der Waals surface area contributed by atoms with Crippen LogP contribution in [-0.4, -0.2) is 77.8 Å². The van der Waals surface area contributed by atoms with E-state index in [4.69, 9.17) is 42.6 Å². The third-order valence-corrected chi connectivity index (χ3v) is 6.61. The molecule has 3 atom stereocenters. The van der Waals surface area contributed by atoms with Crippen molar-refractivity contribution in [3.8, 4) is 11.3 Å². The highest BCUT2D eigenvalue weighted by Crippen LogP contribution is 2.34. The second kappa shape index (κ2) is 12.7. The average molecular weight is 529 g/mol. The predicted molar refractivity (Wildman–Crippen MR) is 134 cm³/mol. The second-order valence-corrected chi connectivity index (χ2v) is 9.04. The van der Waals surface area contributed by atoms with Crippen LogP contribution in [0.1, 0.15) is 31.7 Å². The lowest BCUT2D eigenvalue weighted by molar-refractivity contribution is 0.0448. The molecule has 1 aromatic heterocycles. The van der Waals surface area contributed by atoms with E-state index >= 15 is 0 Å². The Balaban J connectivity index is 2.02. The number of aryl methyl sites for hydroxylation is 2. The SMILES string of the molecule is CCc1nc(-c2ccc(Cl)cc2Cl)c(CC)nc1N[C@@H]1C(CCOC)N(C(=O)O)C[C@@H]1OCCF. The summed E-state index contributed by atoms with van der Waals surface area (Å²) >= 11 is 12.5. The second-order valence-electron chi connectivity index (χ2n) is 8.20. The van der Waals surface area contributed by atoms with E-state index in [2.05, 4.69) is 5.32 Å². The van der Waals surface area contributed by atoms with Gasteiger partial charge < -0.3 is 24.8 Å². The number of nitrogens with zero attached hydrogens (tertiary/aromatic N) is 3. The van der Waals surface area contributed by atoms with Crippen molar-refractivity contribution < 1.29 is 23.8 Å². The molecule has 1 saturated heterocycles. The van der Waals surface area contributed by atoms with Crippen LogP contribution in [0, 0.1) is 0 Å². The van der Waals surface area contributed by atoms with Gasteiger partial charge in [0.25, 0.3) is 0 Å². The Kier molecular flexibility index (Phi) is 9.91. The number of aromatic nitrogens is 2. The number of alkyl halides is 1. The van der Waals surface area contributed by atoms with Crippen LogP contribution in [-0.2, 0) is 22.3 Å². The Labute approximate surface area is 214 Å². The standard InChI is InChI=1S/C24H31Cl2FN4O4/c1-4-17-21(15-7-6-14(25)12-16(15)26)28-18(5-2)23(29-17)30-22-19(8-10-34-3)31(24(32)33)13-20(22)35-11-9-27/h6-7,12,19-20,22H,4-5,8-11,13H2,1-3H3,(H,29,30)(H,32,33)/t19?,20-,22+/m0/s1. The van der Waals surface area contributed by atoms with E-state index in [0.29, 0.717) is 53.1 Å². The maximum atomic E-state index is 12.9. The lowest BCUT2D eigenvalue weighted by Gasteiger charge is -2.28. The van der Waals surface area contributed by atoms with Crippen LogP contribution in [0.5, 0.6) is 0 Å². The molecule has 2 aromatic rings. The molecule has 3 rings (SSSR count). The zero-order valence-electron chi connectivity index (χ0n) is 20.1. The summed E-state index contributed by atoms with van der Waals surface area (Å²) in [7, 11) is 1.56. The molecule has 35 heavy (non-hydrogen) atoms. The fourth-order valence-electron chi connectivity index (χ4n) is 4.39. The van der Waals surface area contributed by atoms with Gasteiger partial charge in [0.15, 0.2) is 0 Å². The van der Waals surface area contributed by atoms with E-state index in [0.717, 1.165) is 11.3 Å². The van der Waals surface area contributed by atoms with Gasteiger partial charge in [-0.1, -0.05) is 37.0 Å². The average Bonchev–Trinajstić information content (AvgIpc) is 3.18. The molecule has 1 amide bonds. The molecule has 0 bridgehead atoms. The van der Waals surface area contributed by atoms with Crippen LogP contribution >= 0.6 is 23.2 Å². The van der Waals surface area contributed by atoms with Crippen LogP contribution in [0.2, 0.25) is 10.0 Å². The Morgan fingerprint density at radius 1 is 1.23 bits per heavy atom. The minimum Gasteiger partial charge on any atom is -0.465 e. The van der Waals surface area contributed by atoms with Crippen LogP contribution < -0.4 is 5.32 Å². The number of nitrogens with one attached hydrogen (secondary N) is 1. The summed E-state index contributed by atoms with van der Waals surface area (Å²) in [6, 6.07) is 4.35. The summed E-state index contributed by atoms with van der Waals surface area (Å²) in [5, 5.41) is 14.2. The first kappa shape index (κ1) is 27.4. The molecule has 0 saturated carbocycles. The van der Waals surface area contributed by atoms with Crippen molar-refractivity contribution in [2.75, 3.05) is 38.9 Å². The predicted octanol–water partition coefficient (Wildman–Crippen LogP) is 5.11. The summed E-state index contributed by atoms with van der Waals surface area (Å²) in [4.78, 5) is 23.0. The van der Waals surface area contributed by atoms with Crippen LogP contribution in [0.4, 0.5) is 15.0 Å². The fraction of sp³-hybridized carbons (Fsp3) is 0.542. The van der Waals surface area contributed by atoms with Gasteiger partial charge >= 0.3 is 6.09 Å². The molecule has 0 aliphatic carbocycles. The maximum Gasteiger partial charge on any atom is 0.407 e. The highest BCUT2D eigenvalue weighted by atomic mass is 35.5. The van der Waals surface area contributed by atoms with Crippen molar-refractivity contribution in [1.82, 2.24) is 14.9 Å². The van der Waals surface area contributed by atoms with Gasteiger partial charge in [-0.15, -0.1) is 0 Å². The highest BCUT2D eigenvalue weighted by Gasteiger charge is 2.45. The van der Waals surface area contributed by atoms with E-state index in [1.165, 1.54) is 4.90 Å². The molecule has 1 aliphatic heterocycles. The molecule has 192 valence electrons. The molecule has 1 aromatic carbocycles. The molecule has 1 unspecified atom stereocenters. The number of hydrogen-bond donors (Lipinski definition) is 2. The molecule has 11 heteroatoms. The molecular formula is C24H31Cl2FN4O4. The number of benzene rings is 1. The summed E-state index contributed by atoms with van der Waals surface area (Å²) in [5.41, 5.74) is 2.85. The number of hydrogen-bond acceptors (Lipinski definition) is 6. The van der Waals surface area contributed by atoms with E-state index in [-0.39, 0.29) is 13.2 Å². The topological polar surface area (TPSA) is 96.8 Å². The zero-order chi connectivity index (χ0) is 25.5. The van der Waals surface area contributed by atoms with E-state index in [1.54, 1.807) is 19.2 Å². The number of carboxylic acid groups (broad SMARTS) is 1. The minimum absolute atomic E-state index is 0.117. The van der Waals surface area contributed by atoms with Gasteiger partial charge in [-0.3, -0.25) is 0 Å². The number of amides is 1. The van der Waals surface area contributed by atoms with Crippen molar-refractivity contribution in [2.45, 2.75) is 51.3 Å². The summed E-state index contributed by atoms with van der Waals surface area (Å²) in [5.74, 6) is 0.548. The number of ether oxygens (including phenoxy) is 2. The molecule has 1 fully saturated rings. The van der Waals surface area contributed by atoms with Crippen molar-refractivity contribution >= 4 is 35.1 Å². The smallest absolute Gasteiger partial charge is 0.407 e. The Hall–Kier alpha value is -2.20. The van der Waals surface area contributed by atoms with E-state index in [9.17, 15) is 14.3 Å². The number of carbonyl (C=O) groups is 1. The molecule has 1 aliphatic rings. The molecule has 0 radical (unpaired) electrons.